The van der Waals surface area contributed by atoms with E-state index in [1.54, 1.807) is 0 Å². The van der Waals surface area contributed by atoms with Gasteiger partial charge < -0.3 is 4.42 Å². The molecule has 248 valence electrons. The highest BCUT2D eigenvalue weighted by Gasteiger charge is 2.38. The number of furan rings is 1. The molecule has 0 spiro atoms. The van der Waals surface area contributed by atoms with E-state index >= 15 is 0 Å². The Balaban J connectivity index is 1.43. The molecular weight excluding hydrogens is 643 g/mol. The van der Waals surface area contributed by atoms with Gasteiger partial charge in [0.15, 0.2) is 0 Å². The molecule has 10 rings (SSSR count). The molecule has 0 saturated carbocycles. The normalized spacial score (nSPS) is 13.4. The van der Waals surface area contributed by atoms with Crippen molar-refractivity contribution in [3.05, 3.63) is 108 Å². The van der Waals surface area contributed by atoms with E-state index in [0.29, 0.717) is 0 Å². The van der Waals surface area contributed by atoms with Crippen molar-refractivity contribution in [1.82, 2.24) is 0 Å². The van der Waals surface area contributed by atoms with E-state index in [1.165, 1.54) is 115 Å². The van der Waals surface area contributed by atoms with E-state index in [4.69, 9.17) is 4.42 Å². The molecule has 1 nitrogen and oxygen atoms in total. The van der Waals surface area contributed by atoms with Crippen LogP contribution >= 0.6 is 0 Å². The fraction of sp³-hybridized carbons (Fsp3) is 0.0667. The third-order valence-corrected chi connectivity index (χ3v) is 13.9. The van der Waals surface area contributed by atoms with Crippen LogP contribution in [0.4, 0.5) is 0 Å². The zero-order chi connectivity index (χ0) is 37.5. The van der Waals surface area contributed by atoms with E-state index in [2.05, 4.69) is 174 Å². The first-order valence-electron chi connectivity index (χ1n) is 19.5. The largest absolute Gasteiger partial charge is 0.455 e. The molecule has 8 aromatic carbocycles. The number of benzene rings is 8. The van der Waals surface area contributed by atoms with Crippen LogP contribution < -0.4 is 43.7 Å². The van der Waals surface area contributed by atoms with Crippen molar-refractivity contribution in [2.24, 2.45) is 0 Å². The standard InChI is InChI=1S/C45H38B8O/c1-45(2)27-13-6-5-10-22(27)23-11-7-12-25(35(23)45)30-33-31(36(46)40(50)42(52)38(33)48)29(32-34(30)39(49)43(53)41(51)37(32)47)20-15-17-28-26(18-20)24-16-14-19-8-3-4-9-21(19)44(24)54-28/h3-18H,46-53H2,1-2H3. The Morgan fingerprint density at radius 1 is 0.444 bits per heavy atom. The molecule has 54 heavy (non-hydrogen) atoms. The monoisotopic (exact) mass is 682 g/mol. The molecule has 9 heteroatoms. The molecule has 0 amide bonds. The van der Waals surface area contributed by atoms with Crippen LogP contribution in [0.15, 0.2) is 101 Å². The lowest BCUT2D eigenvalue weighted by atomic mass is 9.59. The van der Waals surface area contributed by atoms with Crippen LogP contribution in [0.3, 0.4) is 0 Å². The summed E-state index contributed by atoms with van der Waals surface area (Å²) in [5.41, 5.74) is 23.6. The van der Waals surface area contributed by atoms with Crippen LogP contribution in [0, 0.1) is 0 Å². The van der Waals surface area contributed by atoms with Gasteiger partial charge in [-0.25, -0.2) is 0 Å². The fourth-order valence-electron chi connectivity index (χ4n) is 10.4. The maximum absolute atomic E-state index is 6.65. The number of hydrogen-bond donors (Lipinski definition) is 0. The predicted octanol–water partition coefficient (Wildman–Crippen LogP) is -1.25. The van der Waals surface area contributed by atoms with Crippen LogP contribution in [0.1, 0.15) is 25.0 Å². The summed E-state index contributed by atoms with van der Waals surface area (Å²) in [5, 5.41) is 10.2. The Kier molecular flexibility index (Phi) is 7.08. The van der Waals surface area contributed by atoms with Gasteiger partial charge in [-0.1, -0.05) is 115 Å². The van der Waals surface area contributed by atoms with Crippen LogP contribution in [0.5, 0.6) is 0 Å². The van der Waals surface area contributed by atoms with Crippen molar-refractivity contribution in [2.45, 2.75) is 19.3 Å². The molecule has 0 unspecified atom stereocenters. The second-order valence-corrected chi connectivity index (χ2v) is 16.6. The first-order chi connectivity index (χ1) is 25.9. The lowest BCUT2D eigenvalue weighted by molar-refractivity contribution is 0.662. The average molecular weight is 681 g/mol. The lowest BCUT2D eigenvalue weighted by Gasteiger charge is -2.30. The van der Waals surface area contributed by atoms with Crippen molar-refractivity contribution in [3.63, 3.8) is 0 Å². The molecule has 0 atom stereocenters. The SMILES string of the molecule is Bc1c(B)c(B)c2c(-c3cccc4c3C(C)(C)c3ccccc3-4)c3c(B)c(B)c(B)c(B)c3c(-c3ccc4oc5c6ccccc6ccc5c4c3)c2c1B. The van der Waals surface area contributed by atoms with Crippen molar-refractivity contribution >= 4 is 161 Å². The number of hydrogen-bond acceptors (Lipinski definition) is 1. The maximum Gasteiger partial charge on any atom is 0.143 e. The predicted molar refractivity (Wildman–Crippen MR) is 260 cm³/mol. The topological polar surface area (TPSA) is 13.1 Å². The highest BCUT2D eigenvalue weighted by Crippen LogP contribution is 2.54. The summed E-state index contributed by atoms with van der Waals surface area (Å²) in [5.74, 6) is 0. The summed E-state index contributed by atoms with van der Waals surface area (Å²) in [7, 11) is 18.8. The molecule has 9 aromatic rings. The van der Waals surface area contributed by atoms with E-state index in [9.17, 15) is 0 Å². The third-order valence-electron chi connectivity index (χ3n) is 13.9. The number of rotatable bonds is 2. The van der Waals surface area contributed by atoms with Gasteiger partial charge in [-0.15, -0.1) is 21.9 Å². The van der Waals surface area contributed by atoms with Gasteiger partial charge in [-0.3, -0.25) is 0 Å². The van der Waals surface area contributed by atoms with Crippen LogP contribution in [0.25, 0.3) is 87.6 Å². The van der Waals surface area contributed by atoms with E-state index in [0.717, 1.165) is 27.3 Å². The molecule has 0 N–H and O–H groups in total. The molecule has 0 aliphatic heterocycles. The van der Waals surface area contributed by atoms with Crippen LogP contribution in [0.2, 0.25) is 0 Å². The smallest absolute Gasteiger partial charge is 0.143 e. The van der Waals surface area contributed by atoms with E-state index in [-0.39, 0.29) is 5.41 Å². The Morgan fingerprint density at radius 2 is 1.00 bits per heavy atom. The molecule has 1 aliphatic carbocycles. The minimum atomic E-state index is -0.150. The molecule has 0 fully saturated rings. The quantitative estimate of drug-likeness (QED) is 0.165. The highest BCUT2D eigenvalue weighted by molar-refractivity contribution is 6.71. The fourth-order valence-corrected chi connectivity index (χ4v) is 10.4. The van der Waals surface area contributed by atoms with Crippen molar-refractivity contribution in [2.75, 3.05) is 0 Å². The minimum Gasteiger partial charge on any atom is -0.455 e. The molecule has 1 aromatic heterocycles. The molecule has 0 radical (unpaired) electrons. The van der Waals surface area contributed by atoms with Gasteiger partial charge in [0.05, 0.1) is 0 Å². The van der Waals surface area contributed by atoms with Crippen LogP contribution in [-0.2, 0) is 5.41 Å². The van der Waals surface area contributed by atoms with Gasteiger partial charge in [0, 0.05) is 21.6 Å². The van der Waals surface area contributed by atoms with Crippen LogP contribution in [-0.4, -0.2) is 62.8 Å². The Hall–Kier alpha value is -5.14. The number of fused-ring (bicyclic) bond motifs is 10. The highest BCUT2D eigenvalue weighted by atomic mass is 16.3. The summed E-state index contributed by atoms with van der Waals surface area (Å²) in [6.45, 7) is 4.85. The molecular formula is C45H38B8O. The van der Waals surface area contributed by atoms with Crippen molar-refractivity contribution in [1.29, 1.82) is 0 Å². The lowest BCUT2D eigenvalue weighted by Crippen LogP contribution is -2.50. The van der Waals surface area contributed by atoms with E-state index in [1.807, 2.05) is 0 Å². The van der Waals surface area contributed by atoms with Gasteiger partial charge in [0.2, 0.25) is 0 Å². The van der Waals surface area contributed by atoms with Gasteiger partial charge in [-0.05, 0) is 89.6 Å². The van der Waals surface area contributed by atoms with E-state index < -0.39 is 0 Å². The molecule has 0 saturated heterocycles. The summed E-state index contributed by atoms with van der Waals surface area (Å²) in [4.78, 5) is 0. The Labute approximate surface area is 324 Å². The van der Waals surface area contributed by atoms with Gasteiger partial charge >= 0.3 is 0 Å². The Bertz CT molecular complexity index is 3090. The second-order valence-electron chi connectivity index (χ2n) is 16.6. The molecule has 0 bridgehead atoms. The van der Waals surface area contributed by atoms with Crippen molar-refractivity contribution < 1.29 is 4.42 Å². The zero-order valence-corrected chi connectivity index (χ0v) is 33.1. The zero-order valence-electron chi connectivity index (χ0n) is 33.1. The first-order valence-corrected chi connectivity index (χ1v) is 19.5. The average Bonchev–Trinajstić information content (AvgIpc) is 3.68. The summed E-state index contributed by atoms with van der Waals surface area (Å²) in [6.07, 6.45) is 0. The van der Waals surface area contributed by atoms with Gasteiger partial charge in [0.25, 0.3) is 0 Å². The first kappa shape index (κ1) is 33.4. The minimum absolute atomic E-state index is 0.150. The third kappa shape index (κ3) is 4.22. The van der Waals surface area contributed by atoms with Crippen molar-refractivity contribution in [3.8, 4) is 33.4 Å². The van der Waals surface area contributed by atoms with Gasteiger partial charge in [0.1, 0.15) is 73.9 Å². The Morgan fingerprint density at radius 3 is 1.67 bits per heavy atom. The summed E-state index contributed by atoms with van der Waals surface area (Å²) < 4.78 is 6.65. The summed E-state index contributed by atoms with van der Waals surface area (Å²) >= 11 is 0. The molecule has 1 aliphatic rings. The summed E-state index contributed by atoms with van der Waals surface area (Å²) in [6, 6.07) is 36.1. The van der Waals surface area contributed by atoms with Gasteiger partial charge in [-0.2, -0.15) is 0 Å². The second kappa shape index (κ2) is 11.4. The maximum atomic E-state index is 6.65. The molecule has 1 heterocycles.